The first-order chi connectivity index (χ1) is 14.2. The number of amides is 1. The van der Waals surface area contributed by atoms with Gasteiger partial charge in [-0.2, -0.15) is 0 Å². The van der Waals surface area contributed by atoms with Crippen molar-refractivity contribution >= 4 is 40.1 Å². The van der Waals surface area contributed by atoms with E-state index in [-0.39, 0.29) is 12.7 Å². The fourth-order valence-electron chi connectivity index (χ4n) is 3.65. The molecule has 1 aliphatic heterocycles. The summed E-state index contributed by atoms with van der Waals surface area (Å²) >= 11 is 6.27. The van der Waals surface area contributed by atoms with Crippen LogP contribution in [0.4, 0.5) is 10.5 Å². The fourth-order valence-corrected chi connectivity index (χ4v) is 3.90. The molecule has 0 N–H and O–H groups in total. The zero-order valence-electron chi connectivity index (χ0n) is 17.8. The van der Waals surface area contributed by atoms with Crippen molar-refractivity contribution in [1.82, 2.24) is 0 Å². The summed E-state index contributed by atoms with van der Waals surface area (Å²) in [5, 5.41) is 1.37. The van der Waals surface area contributed by atoms with Gasteiger partial charge in [-0.15, -0.1) is 11.6 Å². The molecule has 1 aliphatic rings. The second kappa shape index (κ2) is 8.70. The number of anilines is 1. The Hall–Kier alpha value is -2.51. The van der Waals surface area contributed by atoms with Crippen LogP contribution in [0, 0.1) is 0 Å². The quantitative estimate of drug-likeness (QED) is 0.385. The van der Waals surface area contributed by atoms with Crippen LogP contribution in [0.1, 0.15) is 42.6 Å². The normalized spacial score (nSPS) is 15.8. The van der Waals surface area contributed by atoms with Gasteiger partial charge in [0.05, 0.1) is 18.4 Å². The number of alkyl halides is 1. The summed E-state index contributed by atoms with van der Waals surface area (Å²) in [4.78, 5) is 26.9. The van der Waals surface area contributed by atoms with Gasteiger partial charge in [-0.3, -0.25) is 4.90 Å². The van der Waals surface area contributed by atoms with Crippen molar-refractivity contribution in [1.29, 1.82) is 0 Å². The second-order valence-electron chi connectivity index (χ2n) is 8.02. The standard InChI is InChI=1S/C22H26ClNO6/c1-22(2,3)30-21(26)24-11-13(10-23)18-14-7-6-8-15(20(25)28-5)19(14)17(9-16(18)24)29-12-27-4/h6-9,13H,10-12H2,1-5H3/t13-/m0/s1. The Bertz CT molecular complexity index is 968. The number of methoxy groups -OCH3 is 2. The molecule has 0 saturated carbocycles. The molecule has 1 amide bonds. The van der Waals surface area contributed by atoms with E-state index < -0.39 is 17.7 Å². The number of carbonyl (C=O) groups is 2. The molecule has 0 aliphatic carbocycles. The lowest BCUT2D eigenvalue weighted by Crippen LogP contribution is -2.36. The Labute approximate surface area is 180 Å². The van der Waals surface area contributed by atoms with Crippen molar-refractivity contribution in [3.63, 3.8) is 0 Å². The molecule has 2 aromatic rings. The highest BCUT2D eigenvalue weighted by molar-refractivity contribution is 6.19. The van der Waals surface area contributed by atoms with Crippen LogP contribution in [-0.4, -0.2) is 51.1 Å². The van der Waals surface area contributed by atoms with Crippen molar-refractivity contribution in [2.45, 2.75) is 32.3 Å². The van der Waals surface area contributed by atoms with Crippen LogP contribution in [0.5, 0.6) is 5.75 Å². The van der Waals surface area contributed by atoms with Crippen LogP contribution in [0.3, 0.4) is 0 Å². The smallest absolute Gasteiger partial charge is 0.414 e. The Kier molecular flexibility index (Phi) is 6.43. The third-order valence-corrected chi connectivity index (χ3v) is 5.16. The zero-order chi connectivity index (χ0) is 22.1. The number of nitrogens with zero attached hydrogens (tertiary/aromatic N) is 1. The van der Waals surface area contributed by atoms with Gasteiger partial charge < -0.3 is 18.9 Å². The Morgan fingerprint density at radius 2 is 1.97 bits per heavy atom. The Morgan fingerprint density at radius 1 is 1.23 bits per heavy atom. The molecule has 0 spiro atoms. The number of hydrogen-bond donors (Lipinski definition) is 0. The van der Waals surface area contributed by atoms with Crippen LogP contribution >= 0.6 is 11.6 Å². The first-order valence-electron chi connectivity index (χ1n) is 9.58. The molecular formula is C22H26ClNO6. The van der Waals surface area contributed by atoms with Gasteiger partial charge in [-0.05, 0) is 37.8 Å². The summed E-state index contributed by atoms with van der Waals surface area (Å²) in [6.45, 7) is 5.80. The number of ether oxygens (including phenoxy) is 4. The topological polar surface area (TPSA) is 74.3 Å². The van der Waals surface area contributed by atoms with Crippen LogP contribution in [0.2, 0.25) is 0 Å². The van der Waals surface area contributed by atoms with Gasteiger partial charge in [0, 0.05) is 36.9 Å². The van der Waals surface area contributed by atoms with Crippen molar-refractivity contribution in [3.05, 3.63) is 35.4 Å². The van der Waals surface area contributed by atoms with Gasteiger partial charge in [0.1, 0.15) is 11.4 Å². The highest BCUT2D eigenvalue weighted by atomic mass is 35.5. The minimum Gasteiger partial charge on any atom is -0.467 e. The lowest BCUT2D eigenvalue weighted by atomic mass is 9.93. The van der Waals surface area contributed by atoms with Gasteiger partial charge in [0.15, 0.2) is 6.79 Å². The lowest BCUT2D eigenvalue weighted by Gasteiger charge is -2.25. The maximum Gasteiger partial charge on any atom is 0.414 e. The van der Waals surface area contributed by atoms with Crippen LogP contribution in [-0.2, 0) is 14.2 Å². The number of halogens is 1. The Balaban J connectivity index is 2.25. The summed E-state index contributed by atoms with van der Waals surface area (Å²) in [6, 6.07) is 7.07. The molecule has 0 unspecified atom stereocenters. The first-order valence-corrected chi connectivity index (χ1v) is 10.1. The van der Waals surface area contributed by atoms with E-state index in [1.807, 2.05) is 26.8 Å². The molecule has 1 atom stereocenters. The minimum absolute atomic E-state index is 0.0191. The molecule has 0 aromatic heterocycles. The van der Waals surface area contributed by atoms with E-state index in [1.54, 1.807) is 23.1 Å². The summed E-state index contributed by atoms with van der Waals surface area (Å²) < 4.78 is 21.4. The predicted molar refractivity (Wildman–Crippen MR) is 115 cm³/mol. The summed E-state index contributed by atoms with van der Waals surface area (Å²) in [7, 11) is 2.84. The maximum atomic E-state index is 12.9. The fraction of sp³-hybridized carbons (Fsp3) is 0.455. The molecule has 8 heteroatoms. The highest BCUT2D eigenvalue weighted by Gasteiger charge is 2.37. The van der Waals surface area contributed by atoms with Crippen LogP contribution < -0.4 is 9.64 Å². The van der Waals surface area contributed by atoms with Crippen molar-refractivity contribution in [2.24, 2.45) is 0 Å². The van der Waals surface area contributed by atoms with Crippen molar-refractivity contribution in [3.8, 4) is 5.75 Å². The first kappa shape index (κ1) is 22.2. The van der Waals surface area contributed by atoms with Crippen LogP contribution in [0.25, 0.3) is 10.8 Å². The molecule has 0 saturated heterocycles. The highest BCUT2D eigenvalue weighted by Crippen LogP contribution is 2.47. The number of benzene rings is 2. The largest absolute Gasteiger partial charge is 0.467 e. The average molecular weight is 436 g/mol. The summed E-state index contributed by atoms with van der Waals surface area (Å²) in [6.07, 6.45) is -0.461. The summed E-state index contributed by atoms with van der Waals surface area (Å²) in [5.41, 5.74) is 1.26. The number of rotatable bonds is 5. The van der Waals surface area contributed by atoms with E-state index in [0.717, 1.165) is 10.9 Å². The second-order valence-corrected chi connectivity index (χ2v) is 8.33. The number of esters is 1. The van der Waals surface area contributed by atoms with Gasteiger partial charge in [0.25, 0.3) is 0 Å². The maximum absolute atomic E-state index is 12.9. The molecule has 3 rings (SSSR count). The van der Waals surface area contributed by atoms with E-state index >= 15 is 0 Å². The zero-order valence-corrected chi connectivity index (χ0v) is 18.5. The van der Waals surface area contributed by atoms with E-state index in [1.165, 1.54) is 14.2 Å². The van der Waals surface area contributed by atoms with Crippen molar-refractivity contribution in [2.75, 3.05) is 38.3 Å². The number of carbonyl (C=O) groups excluding carboxylic acids is 2. The van der Waals surface area contributed by atoms with Gasteiger partial charge in [-0.25, -0.2) is 9.59 Å². The molecule has 162 valence electrons. The molecule has 1 heterocycles. The summed E-state index contributed by atoms with van der Waals surface area (Å²) in [5.74, 6) is 0.117. The van der Waals surface area contributed by atoms with E-state index in [4.69, 9.17) is 30.5 Å². The molecular weight excluding hydrogens is 410 g/mol. The molecule has 7 nitrogen and oxygen atoms in total. The number of hydrogen-bond acceptors (Lipinski definition) is 6. The molecule has 0 fully saturated rings. The Morgan fingerprint density at radius 3 is 2.57 bits per heavy atom. The molecule has 2 aromatic carbocycles. The van der Waals surface area contributed by atoms with Crippen LogP contribution in [0.15, 0.2) is 24.3 Å². The van der Waals surface area contributed by atoms with E-state index in [9.17, 15) is 9.59 Å². The van der Waals surface area contributed by atoms with Gasteiger partial charge >= 0.3 is 12.1 Å². The molecule has 0 bridgehead atoms. The van der Waals surface area contributed by atoms with Gasteiger partial charge in [0.2, 0.25) is 0 Å². The third-order valence-electron chi connectivity index (χ3n) is 4.78. The number of fused-ring (bicyclic) bond motifs is 3. The lowest BCUT2D eigenvalue weighted by molar-refractivity contribution is 0.0517. The SMILES string of the molecule is COCOc1cc2c(c3cccc(C(=O)OC)c13)[C@@H](CCl)CN2C(=O)OC(C)(C)C. The van der Waals surface area contributed by atoms with Crippen molar-refractivity contribution < 1.29 is 28.5 Å². The molecule has 30 heavy (non-hydrogen) atoms. The minimum atomic E-state index is -0.638. The third kappa shape index (κ3) is 4.18. The average Bonchev–Trinajstić information content (AvgIpc) is 3.08. The van der Waals surface area contributed by atoms with E-state index in [0.29, 0.717) is 34.8 Å². The van der Waals surface area contributed by atoms with Gasteiger partial charge in [-0.1, -0.05) is 12.1 Å². The monoisotopic (exact) mass is 435 g/mol. The van der Waals surface area contributed by atoms with E-state index in [2.05, 4.69) is 0 Å². The predicted octanol–water partition coefficient (Wildman–Crippen LogP) is 4.69. The molecule has 0 radical (unpaired) electrons.